The average molecular weight is 289 g/mol. The number of hydrogen-bond acceptors (Lipinski definition) is 3. The van der Waals surface area contributed by atoms with Gasteiger partial charge in [0.05, 0.1) is 0 Å². The predicted octanol–water partition coefficient (Wildman–Crippen LogP) is 3.63. The summed E-state index contributed by atoms with van der Waals surface area (Å²) in [6.07, 6.45) is 2.28. The fourth-order valence-electron chi connectivity index (χ4n) is 2.36. The lowest BCUT2D eigenvalue weighted by Gasteiger charge is -2.31. The van der Waals surface area contributed by atoms with Gasteiger partial charge in [-0.2, -0.15) is 0 Å². The van der Waals surface area contributed by atoms with E-state index in [1.165, 1.54) is 0 Å². The van der Waals surface area contributed by atoms with Gasteiger partial charge in [-0.25, -0.2) is 4.79 Å². The molecule has 0 heterocycles. The number of aldehydes is 1. The number of ether oxygens (including phenoxy) is 1. The van der Waals surface area contributed by atoms with E-state index < -0.39 is 17.7 Å². The van der Waals surface area contributed by atoms with Crippen molar-refractivity contribution in [3.63, 3.8) is 0 Å². The number of carbonyl (C=O) groups is 2. The van der Waals surface area contributed by atoms with Crippen molar-refractivity contribution in [2.45, 2.75) is 58.2 Å². The van der Waals surface area contributed by atoms with Crippen molar-refractivity contribution >= 4 is 12.4 Å². The lowest BCUT2D eigenvalue weighted by molar-refractivity contribution is -0.113. The molecule has 0 spiro atoms. The fourth-order valence-corrected chi connectivity index (χ4v) is 2.36. The Labute approximate surface area is 126 Å². The minimum absolute atomic E-state index is 0.106. The summed E-state index contributed by atoms with van der Waals surface area (Å²) >= 11 is 0. The average Bonchev–Trinajstić information content (AvgIpc) is 3.19. The number of nitrogens with zero attached hydrogens (tertiary/aromatic N) is 1. The van der Waals surface area contributed by atoms with Gasteiger partial charge in [0.25, 0.3) is 0 Å². The van der Waals surface area contributed by atoms with E-state index in [9.17, 15) is 9.59 Å². The molecule has 1 unspecified atom stereocenters. The van der Waals surface area contributed by atoms with E-state index in [-0.39, 0.29) is 6.04 Å². The quantitative estimate of drug-likeness (QED) is 0.795. The molecule has 0 radical (unpaired) electrons. The number of amides is 1. The van der Waals surface area contributed by atoms with E-state index >= 15 is 0 Å². The molecule has 1 fully saturated rings. The molecule has 1 aliphatic carbocycles. The second-order valence-electron chi connectivity index (χ2n) is 6.56. The van der Waals surface area contributed by atoms with Gasteiger partial charge in [0.1, 0.15) is 17.9 Å². The van der Waals surface area contributed by atoms with Crippen LogP contribution in [-0.2, 0) is 9.53 Å². The molecule has 1 amide bonds. The highest BCUT2D eigenvalue weighted by atomic mass is 16.6. The van der Waals surface area contributed by atoms with Crippen LogP contribution in [0, 0.1) is 6.92 Å². The summed E-state index contributed by atoms with van der Waals surface area (Å²) in [6.45, 7) is 7.45. The zero-order chi connectivity index (χ0) is 15.6. The van der Waals surface area contributed by atoms with Crippen LogP contribution in [-0.4, -0.2) is 28.9 Å². The molecule has 1 atom stereocenters. The van der Waals surface area contributed by atoms with Gasteiger partial charge in [0.15, 0.2) is 0 Å². The maximum atomic E-state index is 12.5. The van der Waals surface area contributed by atoms with Gasteiger partial charge in [-0.05, 0) is 51.7 Å². The highest BCUT2D eigenvalue weighted by Gasteiger charge is 2.40. The maximum Gasteiger partial charge on any atom is 0.411 e. The van der Waals surface area contributed by atoms with E-state index in [4.69, 9.17) is 4.74 Å². The molecule has 21 heavy (non-hydrogen) atoms. The second kappa shape index (κ2) is 5.88. The third-order valence-electron chi connectivity index (χ3n) is 3.48. The lowest BCUT2D eigenvalue weighted by atomic mass is 10.0. The largest absolute Gasteiger partial charge is 0.444 e. The number of carbonyl (C=O) groups excluding carboxylic acids is 2. The first-order valence-corrected chi connectivity index (χ1v) is 7.35. The third kappa shape index (κ3) is 3.84. The van der Waals surface area contributed by atoms with Crippen LogP contribution in [0.15, 0.2) is 24.3 Å². The SMILES string of the molecule is Cc1ccccc1C(C=O)N(C(=O)OC(C)(C)C)C1CC1. The van der Waals surface area contributed by atoms with Crippen molar-refractivity contribution in [2.24, 2.45) is 0 Å². The van der Waals surface area contributed by atoms with E-state index in [0.717, 1.165) is 30.3 Å². The van der Waals surface area contributed by atoms with Crippen LogP contribution in [0.5, 0.6) is 0 Å². The van der Waals surface area contributed by atoms with Crippen LogP contribution in [0.4, 0.5) is 4.79 Å². The normalized spacial score (nSPS) is 16.2. The molecule has 4 heteroatoms. The molecule has 114 valence electrons. The predicted molar refractivity (Wildman–Crippen MR) is 81.1 cm³/mol. The molecule has 0 saturated heterocycles. The van der Waals surface area contributed by atoms with Crippen LogP contribution < -0.4 is 0 Å². The van der Waals surface area contributed by atoms with Crippen molar-refractivity contribution in [1.29, 1.82) is 0 Å². The van der Waals surface area contributed by atoms with E-state index in [1.54, 1.807) is 4.90 Å². The highest BCUT2D eigenvalue weighted by molar-refractivity contribution is 5.76. The smallest absolute Gasteiger partial charge is 0.411 e. The van der Waals surface area contributed by atoms with Crippen molar-refractivity contribution in [2.75, 3.05) is 0 Å². The maximum absolute atomic E-state index is 12.5. The number of aryl methyl sites for hydroxylation is 1. The highest BCUT2D eigenvalue weighted by Crippen LogP contribution is 2.35. The molecule has 0 aromatic heterocycles. The second-order valence-corrected chi connectivity index (χ2v) is 6.56. The van der Waals surface area contributed by atoms with Gasteiger partial charge < -0.3 is 9.53 Å². The number of rotatable bonds is 4. The zero-order valence-corrected chi connectivity index (χ0v) is 13.1. The van der Waals surface area contributed by atoms with Crippen molar-refractivity contribution in [3.05, 3.63) is 35.4 Å². The molecule has 1 aliphatic rings. The minimum atomic E-state index is -0.575. The molecule has 1 aromatic rings. The molecule has 0 aliphatic heterocycles. The lowest BCUT2D eigenvalue weighted by Crippen LogP contribution is -2.41. The Hall–Kier alpha value is -1.84. The summed E-state index contributed by atoms with van der Waals surface area (Å²) in [5.74, 6) is 0. The van der Waals surface area contributed by atoms with Crippen LogP contribution in [0.25, 0.3) is 0 Å². The van der Waals surface area contributed by atoms with E-state index in [0.29, 0.717) is 0 Å². The van der Waals surface area contributed by atoms with Crippen molar-refractivity contribution in [1.82, 2.24) is 4.90 Å². The zero-order valence-electron chi connectivity index (χ0n) is 13.1. The molecule has 2 rings (SSSR count). The Morgan fingerprint density at radius 1 is 1.33 bits per heavy atom. The summed E-state index contributed by atoms with van der Waals surface area (Å²) in [6, 6.07) is 7.19. The van der Waals surface area contributed by atoms with Crippen LogP contribution in [0.2, 0.25) is 0 Å². The van der Waals surface area contributed by atoms with Gasteiger partial charge >= 0.3 is 6.09 Å². The van der Waals surface area contributed by atoms with Crippen LogP contribution in [0.1, 0.15) is 50.8 Å². The Bertz CT molecular complexity index is 529. The van der Waals surface area contributed by atoms with Gasteiger partial charge in [0, 0.05) is 6.04 Å². The van der Waals surface area contributed by atoms with Gasteiger partial charge in [-0.1, -0.05) is 24.3 Å². The molecule has 4 nitrogen and oxygen atoms in total. The van der Waals surface area contributed by atoms with E-state index in [1.807, 2.05) is 52.0 Å². The summed E-state index contributed by atoms with van der Waals surface area (Å²) in [7, 11) is 0. The monoisotopic (exact) mass is 289 g/mol. The van der Waals surface area contributed by atoms with Crippen LogP contribution in [0.3, 0.4) is 0 Å². The Morgan fingerprint density at radius 3 is 2.43 bits per heavy atom. The molecule has 0 N–H and O–H groups in total. The number of hydrogen-bond donors (Lipinski definition) is 0. The molecule has 1 saturated carbocycles. The van der Waals surface area contributed by atoms with Gasteiger partial charge in [-0.15, -0.1) is 0 Å². The first-order chi connectivity index (χ1) is 9.83. The molecular weight excluding hydrogens is 266 g/mol. The number of benzene rings is 1. The summed E-state index contributed by atoms with van der Waals surface area (Å²) < 4.78 is 5.47. The minimum Gasteiger partial charge on any atom is -0.444 e. The van der Waals surface area contributed by atoms with Gasteiger partial charge in [0.2, 0.25) is 0 Å². The standard InChI is InChI=1S/C17H23NO3/c1-12-7-5-6-8-14(12)15(11-19)18(13-9-10-13)16(20)21-17(2,3)4/h5-8,11,13,15H,9-10H2,1-4H3. The van der Waals surface area contributed by atoms with Crippen molar-refractivity contribution in [3.8, 4) is 0 Å². The van der Waals surface area contributed by atoms with Gasteiger partial charge in [-0.3, -0.25) is 4.90 Å². The topological polar surface area (TPSA) is 46.6 Å². The van der Waals surface area contributed by atoms with E-state index in [2.05, 4.69) is 0 Å². The Balaban J connectivity index is 2.30. The summed E-state index contributed by atoms with van der Waals surface area (Å²) in [5.41, 5.74) is 1.30. The summed E-state index contributed by atoms with van der Waals surface area (Å²) in [5, 5.41) is 0. The fraction of sp³-hybridized carbons (Fsp3) is 0.529. The molecule has 0 bridgehead atoms. The first-order valence-electron chi connectivity index (χ1n) is 7.35. The van der Waals surface area contributed by atoms with Crippen LogP contribution >= 0.6 is 0 Å². The Kier molecular flexibility index (Phi) is 4.35. The Morgan fingerprint density at radius 2 is 1.95 bits per heavy atom. The summed E-state index contributed by atoms with van der Waals surface area (Å²) in [4.78, 5) is 25.7. The molecule has 1 aromatic carbocycles. The first kappa shape index (κ1) is 15.5. The third-order valence-corrected chi connectivity index (χ3v) is 3.48. The van der Waals surface area contributed by atoms with Crippen molar-refractivity contribution < 1.29 is 14.3 Å². The molecular formula is C17H23NO3.